The minimum Gasteiger partial charge on any atom is -0.457 e. The fourth-order valence-electron chi connectivity index (χ4n) is 3.09. The van der Waals surface area contributed by atoms with Gasteiger partial charge < -0.3 is 14.4 Å². The zero-order chi connectivity index (χ0) is 17.1. The fraction of sp³-hybridized carbons (Fsp3) is 0.368. The van der Waals surface area contributed by atoms with Crippen LogP contribution < -0.4 is 9.47 Å². The standard InChI is InChI=1S/C19H21Cl2NO2/c1-22(2)9-3-4-15-16-10-13(20)5-7-18(16)23-12-24-19-8-6-14(21)11-17(15)19/h5-8,10-11,15H,3-4,9,12H2,1-2H3. The summed E-state index contributed by atoms with van der Waals surface area (Å²) in [5, 5.41) is 1.42. The van der Waals surface area contributed by atoms with Crippen LogP contribution in [0.3, 0.4) is 0 Å². The van der Waals surface area contributed by atoms with Gasteiger partial charge in [-0.15, -0.1) is 0 Å². The van der Waals surface area contributed by atoms with E-state index in [0.717, 1.165) is 42.0 Å². The van der Waals surface area contributed by atoms with Gasteiger partial charge in [-0.3, -0.25) is 0 Å². The summed E-state index contributed by atoms with van der Waals surface area (Å²) in [7, 11) is 4.17. The van der Waals surface area contributed by atoms with E-state index in [0.29, 0.717) is 10.0 Å². The van der Waals surface area contributed by atoms with Crippen LogP contribution >= 0.6 is 23.2 Å². The van der Waals surface area contributed by atoms with Crippen molar-refractivity contribution in [1.82, 2.24) is 4.90 Å². The number of benzene rings is 2. The number of halogens is 2. The van der Waals surface area contributed by atoms with Gasteiger partial charge in [-0.05, 0) is 69.9 Å². The van der Waals surface area contributed by atoms with Crippen LogP contribution in [0.5, 0.6) is 11.5 Å². The Morgan fingerprint density at radius 3 is 2.00 bits per heavy atom. The Morgan fingerprint density at radius 2 is 1.50 bits per heavy atom. The maximum Gasteiger partial charge on any atom is 0.230 e. The van der Waals surface area contributed by atoms with Crippen molar-refractivity contribution < 1.29 is 9.47 Å². The Balaban J connectivity index is 2.04. The quantitative estimate of drug-likeness (QED) is 0.743. The van der Waals surface area contributed by atoms with Crippen molar-refractivity contribution in [3.63, 3.8) is 0 Å². The zero-order valence-electron chi connectivity index (χ0n) is 13.9. The van der Waals surface area contributed by atoms with E-state index in [1.165, 1.54) is 0 Å². The van der Waals surface area contributed by atoms with Crippen LogP contribution in [0, 0.1) is 0 Å². The van der Waals surface area contributed by atoms with Gasteiger partial charge in [0.15, 0.2) is 0 Å². The normalized spacial score (nSPS) is 14.2. The van der Waals surface area contributed by atoms with Crippen LogP contribution in [0.15, 0.2) is 36.4 Å². The molecular weight excluding hydrogens is 345 g/mol. The van der Waals surface area contributed by atoms with E-state index in [1.807, 2.05) is 36.4 Å². The van der Waals surface area contributed by atoms with Gasteiger partial charge in [0.25, 0.3) is 0 Å². The molecule has 5 heteroatoms. The van der Waals surface area contributed by atoms with Gasteiger partial charge in [0.2, 0.25) is 6.79 Å². The molecule has 128 valence electrons. The molecule has 0 aliphatic carbocycles. The minimum atomic E-state index is 0.132. The molecule has 0 atom stereocenters. The summed E-state index contributed by atoms with van der Waals surface area (Å²) in [6, 6.07) is 11.5. The average molecular weight is 366 g/mol. The fourth-order valence-corrected chi connectivity index (χ4v) is 3.45. The van der Waals surface area contributed by atoms with E-state index in [1.54, 1.807) is 0 Å². The lowest BCUT2D eigenvalue weighted by Crippen LogP contribution is -2.17. The largest absolute Gasteiger partial charge is 0.457 e. The SMILES string of the molecule is CN(C)CCCC1c2cc(Cl)ccc2OCOc2ccc(Cl)cc21. The Bertz CT molecular complexity index is 665. The monoisotopic (exact) mass is 365 g/mol. The van der Waals surface area contributed by atoms with Gasteiger partial charge in [0.05, 0.1) is 0 Å². The van der Waals surface area contributed by atoms with Gasteiger partial charge in [0, 0.05) is 27.1 Å². The van der Waals surface area contributed by atoms with Gasteiger partial charge in [-0.1, -0.05) is 23.2 Å². The lowest BCUT2D eigenvalue weighted by atomic mass is 9.86. The molecule has 2 aromatic rings. The smallest absolute Gasteiger partial charge is 0.230 e. The van der Waals surface area contributed by atoms with Crippen molar-refractivity contribution in [2.24, 2.45) is 0 Å². The van der Waals surface area contributed by atoms with Crippen LogP contribution in [0.4, 0.5) is 0 Å². The maximum atomic E-state index is 6.26. The van der Waals surface area contributed by atoms with Gasteiger partial charge in [-0.2, -0.15) is 0 Å². The first-order valence-electron chi connectivity index (χ1n) is 8.04. The molecular formula is C19H21Cl2NO2. The molecule has 1 aliphatic rings. The van der Waals surface area contributed by atoms with Crippen molar-refractivity contribution in [3.05, 3.63) is 57.6 Å². The molecule has 0 fully saturated rings. The first-order valence-corrected chi connectivity index (χ1v) is 8.79. The van der Waals surface area contributed by atoms with Gasteiger partial charge in [0.1, 0.15) is 11.5 Å². The molecule has 1 heterocycles. The molecule has 0 N–H and O–H groups in total. The summed E-state index contributed by atoms with van der Waals surface area (Å²) < 4.78 is 11.6. The van der Waals surface area contributed by atoms with E-state index in [-0.39, 0.29) is 12.7 Å². The molecule has 0 bridgehead atoms. The number of hydrogen-bond acceptors (Lipinski definition) is 3. The molecule has 24 heavy (non-hydrogen) atoms. The van der Waals surface area contributed by atoms with Crippen molar-refractivity contribution in [2.75, 3.05) is 27.4 Å². The molecule has 3 nitrogen and oxygen atoms in total. The number of rotatable bonds is 4. The highest BCUT2D eigenvalue weighted by atomic mass is 35.5. The summed E-state index contributed by atoms with van der Waals surface area (Å²) in [5.74, 6) is 1.77. The summed E-state index contributed by atoms with van der Waals surface area (Å²) >= 11 is 12.5. The van der Waals surface area contributed by atoms with Crippen LogP contribution in [0.25, 0.3) is 0 Å². The molecule has 3 rings (SSSR count). The highest BCUT2D eigenvalue weighted by Crippen LogP contribution is 2.42. The van der Waals surface area contributed by atoms with Crippen LogP contribution in [-0.2, 0) is 0 Å². The van der Waals surface area contributed by atoms with Crippen LogP contribution in [-0.4, -0.2) is 32.3 Å². The van der Waals surface area contributed by atoms with E-state index in [2.05, 4.69) is 19.0 Å². The predicted molar refractivity (Wildman–Crippen MR) is 98.7 cm³/mol. The molecule has 1 aliphatic heterocycles. The Labute approximate surface area is 153 Å². The van der Waals surface area contributed by atoms with E-state index < -0.39 is 0 Å². The number of ether oxygens (including phenoxy) is 2. The van der Waals surface area contributed by atoms with Crippen molar-refractivity contribution in [1.29, 1.82) is 0 Å². The second-order valence-electron chi connectivity index (χ2n) is 6.27. The number of hydrogen-bond donors (Lipinski definition) is 0. The summed E-state index contributed by atoms with van der Waals surface area (Å²) in [5.41, 5.74) is 2.18. The topological polar surface area (TPSA) is 21.7 Å². The second kappa shape index (κ2) is 7.64. The Morgan fingerprint density at radius 1 is 0.958 bits per heavy atom. The predicted octanol–water partition coefficient (Wildman–Crippen LogP) is 5.20. The first kappa shape index (κ1) is 17.4. The van der Waals surface area contributed by atoms with E-state index in [4.69, 9.17) is 32.7 Å². The third-order valence-electron chi connectivity index (χ3n) is 4.22. The van der Waals surface area contributed by atoms with Crippen LogP contribution in [0.2, 0.25) is 10.0 Å². The molecule has 0 saturated carbocycles. The zero-order valence-corrected chi connectivity index (χ0v) is 15.4. The maximum absolute atomic E-state index is 6.26. The van der Waals surface area contributed by atoms with Gasteiger partial charge in [-0.25, -0.2) is 0 Å². The lowest BCUT2D eigenvalue weighted by Gasteiger charge is -2.27. The highest BCUT2D eigenvalue weighted by molar-refractivity contribution is 6.31. The minimum absolute atomic E-state index is 0.132. The average Bonchev–Trinajstić information content (AvgIpc) is 2.53. The van der Waals surface area contributed by atoms with Crippen LogP contribution in [0.1, 0.15) is 29.9 Å². The molecule has 2 aromatic carbocycles. The summed E-state index contributed by atoms with van der Waals surface area (Å²) in [4.78, 5) is 2.19. The lowest BCUT2D eigenvalue weighted by molar-refractivity contribution is 0.113. The van der Waals surface area contributed by atoms with Gasteiger partial charge >= 0.3 is 0 Å². The summed E-state index contributed by atoms with van der Waals surface area (Å²) in [6.45, 7) is 1.19. The molecule has 0 spiro atoms. The first-order chi connectivity index (χ1) is 11.5. The van der Waals surface area contributed by atoms with E-state index in [9.17, 15) is 0 Å². The third kappa shape index (κ3) is 3.97. The number of fused-ring (bicyclic) bond motifs is 2. The third-order valence-corrected chi connectivity index (χ3v) is 4.69. The number of nitrogens with zero attached hydrogens (tertiary/aromatic N) is 1. The van der Waals surface area contributed by atoms with Crippen molar-refractivity contribution in [3.8, 4) is 11.5 Å². The van der Waals surface area contributed by atoms with Crippen molar-refractivity contribution >= 4 is 23.2 Å². The molecule has 0 saturated heterocycles. The molecule has 0 aromatic heterocycles. The Kier molecular flexibility index (Phi) is 5.54. The summed E-state index contributed by atoms with van der Waals surface area (Å²) in [6.07, 6.45) is 2.02. The Hall–Kier alpha value is -1.42. The molecule has 0 amide bonds. The highest BCUT2D eigenvalue weighted by Gasteiger charge is 2.25. The second-order valence-corrected chi connectivity index (χ2v) is 7.14. The molecule has 0 radical (unpaired) electrons. The molecule has 0 unspecified atom stereocenters. The van der Waals surface area contributed by atoms with E-state index >= 15 is 0 Å². The van der Waals surface area contributed by atoms with Crippen molar-refractivity contribution in [2.45, 2.75) is 18.8 Å².